The second-order valence-corrected chi connectivity index (χ2v) is 7.24. The van der Waals surface area contributed by atoms with Crippen molar-refractivity contribution in [2.45, 2.75) is 72.9 Å². The van der Waals surface area contributed by atoms with Gasteiger partial charge in [-0.1, -0.05) is 27.7 Å². The summed E-state index contributed by atoms with van der Waals surface area (Å²) in [6, 6.07) is 1.33. The molecular weight excluding hydrogens is 220 g/mol. The molecule has 1 rings (SSSR count). The Morgan fingerprint density at radius 3 is 2.17 bits per heavy atom. The smallest absolute Gasteiger partial charge is 0.0192 e. The SMILES string of the molecule is CCC(C)NCC(C)N1CCC(C(C)(C)C)CC1. The Morgan fingerprint density at radius 1 is 1.17 bits per heavy atom. The lowest BCUT2D eigenvalue weighted by molar-refractivity contribution is 0.0866. The van der Waals surface area contributed by atoms with E-state index < -0.39 is 0 Å². The van der Waals surface area contributed by atoms with Crippen LogP contribution in [0, 0.1) is 11.3 Å². The molecule has 0 aromatic carbocycles. The normalized spacial score (nSPS) is 23.0. The molecule has 0 aromatic rings. The molecule has 0 saturated carbocycles. The lowest BCUT2D eigenvalue weighted by atomic mass is 9.75. The minimum Gasteiger partial charge on any atom is -0.313 e. The summed E-state index contributed by atoms with van der Waals surface area (Å²) in [5.74, 6) is 0.906. The van der Waals surface area contributed by atoms with E-state index in [1.165, 1.54) is 32.4 Å². The average Bonchev–Trinajstić information content (AvgIpc) is 2.34. The maximum absolute atomic E-state index is 3.63. The van der Waals surface area contributed by atoms with Crippen molar-refractivity contribution >= 4 is 0 Å². The van der Waals surface area contributed by atoms with E-state index in [4.69, 9.17) is 0 Å². The van der Waals surface area contributed by atoms with E-state index in [0.29, 0.717) is 17.5 Å². The summed E-state index contributed by atoms with van der Waals surface area (Å²) in [6.45, 7) is 17.8. The summed E-state index contributed by atoms with van der Waals surface area (Å²) >= 11 is 0. The minimum atomic E-state index is 0.490. The van der Waals surface area contributed by atoms with E-state index >= 15 is 0 Å². The lowest BCUT2D eigenvalue weighted by Gasteiger charge is -2.41. The number of hydrogen-bond donors (Lipinski definition) is 1. The molecule has 18 heavy (non-hydrogen) atoms. The molecule has 108 valence electrons. The first-order valence-electron chi connectivity index (χ1n) is 7.82. The van der Waals surface area contributed by atoms with Crippen LogP contribution < -0.4 is 5.32 Å². The molecule has 0 aliphatic carbocycles. The molecule has 0 amide bonds. The lowest BCUT2D eigenvalue weighted by Crippen LogP contribution is -2.47. The third kappa shape index (κ3) is 4.89. The number of nitrogens with one attached hydrogen (secondary N) is 1. The summed E-state index contributed by atoms with van der Waals surface area (Å²) < 4.78 is 0. The maximum atomic E-state index is 3.63. The van der Waals surface area contributed by atoms with Crippen LogP contribution in [0.1, 0.15) is 60.8 Å². The zero-order chi connectivity index (χ0) is 13.8. The van der Waals surface area contributed by atoms with Crippen LogP contribution in [0.15, 0.2) is 0 Å². The van der Waals surface area contributed by atoms with Crippen LogP contribution in [-0.4, -0.2) is 36.6 Å². The fourth-order valence-corrected chi connectivity index (χ4v) is 2.85. The van der Waals surface area contributed by atoms with E-state index in [2.05, 4.69) is 51.8 Å². The Kier molecular flexibility index (Phi) is 6.13. The average molecular weight is 254 g/mol. The van der Waals surface area contributed by atoms with Crippen molar-refractivity contribution in [3.8, 4) is 0 Å². The van der Waals surface area contributed by atoms with Gasteiger partial charge in [-0.15, -0.1) is 0 Å². The van der Waals surface area contributed by atoms with Gasteiger partial charge in [0.25, 0.3) is 0 Å². The predicted octanol–water partition coefficient (Wildman–Crippen LogP) is 3.52. The molecule has 0 aromatic heterocycles. The van der Waals surface area contributed by atoms with Gasteiger partial charge in [-0.05, 0) is 57.5 Å². The Bertz CT molecular complexity index is 224. The molecule has 1 N–H and O–H groups in total. The highest BCUT2D eigenvalue weighted by Crippen LogP contribution is 2.34. The van der Waals surface area contributed by atoms with Gasteiger partial charge < -0.3 is 5.32 Å². The molecule has 0 bridgehead atoms. The number of hydrogen-bond acceptors (Lipinski definition) is 2. The van der Waals surface area contributed by atoms with Gasteiger partial charge in [-0.25, -0.2) is 0 Å². The zero-order valence-electron chi connectivity index (χ0n) is 13.4. The number of rotatable bonds is 5. The molecule has 2 heteroatoms. The van der Waals surface area contributed by atoms with Crippen LogP contribution in [0.25, 0.3) is 0 Å². The molecule has 1 aliphatic rings. The first kappa shape index (κ1) is 16.0. The largest absolute Gasteiger partial charge is 0.313 e. The Labute approximate surface area is 115 Å². The Morgan fingerprint density at radius 2 is 1.72 bits per heavy atom. The summed E-state index contributed by atoms with van der Waals surface area (Å²) in [7, 11) is 0. The van der Waals surface area contributed by atoms with Gasteiger partial charge in [0.05, 0.1) is 0 Å². The van der Waals surface area contributed by atoms with Gasteiger partial charge in [-0.2, -0.15) is 0 Å². The fourth-order valence-electron chi connectivity index (χ4n) is 2.85. The van der Waals surface area contributed by atoms with Crippen molar-refractivity contribution in [3.63, 3.8) is 0 Å². The molecule has 1 fully saturated rings. The van der Waals surface area contributed by atoms with Crippen molar-refractivity contribution in [3.05, 3.63) is 0 Å². The van der Waals surface area contributed by atoms with Crippen molar-refractivity contribution in [2.75, 3.05) is 19.6 Å². The first-order chi connectivity index (χ1) is 8.34. The maximum Gasteiger partial charge on any atom is 0.0192 e. The Hall–Kier alpha value is -0.0800. The monoisotopic (exact) mass is 254 g/mol. The Balaban J connectivity index is 2.29. The van der Waals surface area contributed by atoms with Crippen LogP contribution >= 0.6 is 0 Å². The van der Waals surface area contributed by atoms with Crippen molar-refractivity contribution < 1.29 is 0 Å². The van der Waals surface area contributed by atoms with Crippen LogP contribution in [0.3, 0.4) is 0 Å². The third-order valence-electron chi connectivity index (χ3n) is 4.75. The third-order valence-corrected chi connectivity index (χ3v) is 4.75. The van der Waals surface area contributed by atoms with E-state index in [1.807, 2.05) is 0 Å². The van der Waals surface area contributed by atoms with Crippen LogP contribution in [0.5, 0.6) is 0 Å². The van der Waals surface area contributed by atoms with Crippen LogP contribution in [0.4, 0.5) is 0 Å². The number of nitrogens with zero attached hydrogens (tertiary/aromatic N) is 1. The molecule has 1 aliphatic heterocycles. The zero-order valence-corrected chi connectivity index (χ0v) is 13.4. The van der Waals surface area contributed by atoms with Gasteiger partial charge in [0.2, 0.25) is 0 Å². The van der Waals surface area contributed by atoms with Crippen molar-refractivity contribution in [1.82, 2.24) is 10.2 Å². The van der Waals surface area contributed by atoms with Crippen molar-refractivity contribution in [2.24, 2.45) is 11.3 Å². The van der Waals surface area contributed by atoms with Gasteiger partial charge in [-0.3, -0.25) is 4.90 Å². The summed E-state index contributed by atoms with van der Waals surface area (Å²) in [6.07, 6.45) is 3.97. The second kappa shape index (κ2) is 6.91. The van der Waals surface area contributed by atoms with E-state index in [-0.39, 0.29) is 0 Å². The van der Waals surface area contributed by atoms with Crippen LogP contribution in [0.2, 0.25) is 0 Å². The topological polar surface area (TPSA) is 15.3 Å². The van der Waals surface area contributed by atoms with Crippen LogP contribution in [-0.2, 0) is 0 Å². The molecule has 1 heterocycles. The fraction of sp³-hybridized carbons (Fsp3) is 1.00. The molecule has 2 unspecified atom stereocenters. The van der Waals surface area contributed by atoms with E-state index in [0.717, 1.165) is 12.5 Å². The molecule has 0 spiro atoms. The summed E-state index contributed by atoms with van der Waals surface area (Å²) in [4.78, 5) is 2.66. The molecule has 2 atom stereocenters. The second-order valence-electron chi connectivity index (χ2n) is 7.24. The number of piperidine rings is 1. The highest BCUT2D eigenvalue weighted by molar-refractivity contribution is 4.83. The summed E-state index contributed by atoms with van der Waals surface area (Å²) in [5.41, 5.74) is 0.490. The molecular formula is C16H34N2. The van der Waals surface area contributed by atoms with Gasteiger partial charge in [0.1, 0.15) is 0 Å². The quantitative estimate of drug-likeness (QED) is 0.807. The molecule has 0 radical (unpaired) electrons. The molecule has 1 saturated heterocycles. The highest BCUT2D eigenvalue weighted by Gasteiger charge is 2.30. The minimum absolute atomic E-state index is 0.490. The standard InChI is InChI=1S/C16H34N2/c1-7-13(2)17-12-14(3)18-10-8-15(9-11-18)16(4,5)6/h13-15,17H,7-12H2,1-6H3. The van der Waals surface area contributed by atoms with E-state index in [9.17, 15) is 0 Å². The first-order valence-corrected chi connectivity index (χ1v) is 7.82. The highest BCUT2D eigenvalue weighted by atomic mass is 15.2. The van der Waals surface area contributed by atoms with Gasteiger partial charge in [0, 0.05) is 18.6 Å². The van der Waals surface area contributed by atoms with E-state index in [1.54, 1.807) is 0 Å². The van der Waals surface area contributed by atoms with Gasteiger partial charge >= 0.3 is 0 Å². The summed E-state index contributed by atoms with van der Waals surface area (Å²) in [5, 5.41) is 3.63. The van der Waals surface area contributed by atoms with Crippen molar-refractivity contribution in [1.29, 1.82) is 0 Å². The molecule has 2 nitrogen and oxygen atoms in total. The predicted molar refractivity (Wildman–Crippen MR) is 81.0 cm³/mol. The van der Waals surface area contributed by atoms with Gasteiger partial charge in [0.15, 0.2) is 0 Å². The number of likely N-dealkylation sites (tertiary alicyclic amines) is 1.